The summed E-state index contributed by atoms with van der Waals surface area (Å²) in [5, 5.41) is 1.02. The number of ether oxygens (including phenoxy) is 2. The minimum atomic E-state index is 0.494. The first kappa shape index (κ1) is 16.0. The van der Waals surface area contributed by atoms with Gasteiger partial charge in [0, 0.05) is 18.0 Å². The lowest BCUT2D eigenvalue weighted by atomic mass is 10.1. The Morgan fingerprint density at radius 2 is 1.79 bits per heavy atom. The number of pyridine rings is 1. The number of hydrogen-bond donors (Lipinski definition) is 0. The molecule has 0 aliphatic rings. The fraction of sp³-hybridized carbons (Fsp3) is 0.200. The summed E-state index contributed by atoms with van der Waals surface area (Å²) >= 11 is 0. The molecule has 3 rings (SSSR count). The largest absolute Gasteiger partial charge is 0.497 e. The van der Waals surface area contributed by atoms with E-state index in [2.05, 4.69) is 11.1 Å². The second-order valence-corrected chi connectivity index (χ2v) is 5.54. The highest BCUT2D eigenvalue weighted by molar-refractivity contribution is 5.80. The van der Waals surface area contributed by atoms with Crippen molar-refractivity contribution in [1.82, 2.24) is 4.98 Å². The highest BCUT2D eigenvalue weighted by Crippen LogP contribution is 2.22. The van der Waals surface area contributed by atoms with Crippen LogP contribution in [0.4, 0.5) is 0 Å². The maximum atomic E-state index is 10.5. The number of carbonyl (C=O) groups excluding carboxylic acids is 1. The topological polar surface area (TPSA) is 48.4 Å². The number of methoxy groups -OCH3 is 1. The van der Waals surface area contributed by atoms with Crippen LogP contribution in [-0.4, -0.2) is 18.4 Å². The zero-order valence-electron chi connectivity index (χ0n) is 13.6. The highest BCUT2D eigenvalue weighted by atomic mass is 16.5. The van der Waals surface area contributed by atoms with Crippen molar-refractivity contribution in [2.24, 2.45) is 0 Å². The summed E-state index contributed by atoms with van der Waals surface area (Å²) in [5.74, 6) is 1.63. The van der Waals surface area contributed by atoms with Gasteiger partial charge in [-0.05, 0) is 53.9 Å². The van der Waals surface area contributed by atoms with Gasteiger partial charge in [-0.3, -0.25) is 4.98 Å². The van der Waals surface area contributed by atoms with E-state index in [-0.39, 0.29) is 0 Å². The average molecular weight is 321 g/mol. The van der Waals surface area contributed by atoms with E-state index in [1.165, 1.54) is 0 Å². The molecule has 0 aliphatic heterocycles. The molecule has 4 nitrogen and oxygen atoms in total. The highest BCUT2D eigenvalue weighted by Gasteiger charge is 2.02. The number of rotatable bonds is 7. The lowest BCUT2D eigenvalue weighted by molar-refractivity contribution is -0.107. The maximum Gasteiger partial charge on any atom is 0.120 e. The summed E-state index contributed by atoms with van der Waals surface area (Å²) in [5.41, 5.74) is 3.05. The Labute approximate surface area is 141 Å². The Balaban J connectivity index is 1.72. The van der Waals surface area contributed by atoms with Crippen LogP contribution in [0.25, 0.3) is 10.9 Å². The second-order valence-electron chi connectivity index (χ2n) is 5.54. The Bertz CT molecular complexity index is 828. The number of hydrogen-bond acceptors (Lipinski definition) is 4. The third-order valence-electron chi connectivity index (χ3n) is 3.82. The Morgan fingerprint density at radius 3 is 2.54 bits per heavy atom. The lowest BCUT2D eigenvalue weighted by Gasteiger charge is -2.08. The van der Waals surface area contributed by atoms with E-state index >= 15 is 0 Å². The fourth-order valence-electron chi connectivity index (χ4n) is 2.50. The van der Waals surface area contributed by atoms with E-state index in [1.54, 1.807) is 7.11 Å². The first-order valence-electron chi connectivity index (χ1n) is 7.86. The van der Waals surface area contributed by atoms with Crippen molar-refractivity contribution in [1.29, 1.82) is 0 Å². The van der Waals surface area contributed by atoms with E-state index < -0.39 is 0 Å². The van der Waals surface area contributed by atoms with Gasteiger partial charge in [-0.1, -0.05) is 12.1 Å². The number of fused-ring (bicyclic) bond motifs is 1. The van der Waals surface area contributed by atoms with Crippen LogP contribution in [0.1, 0.15) is 17.5 Å². The molecule has 0 atom stereocenters. The van der Waals surface area contributed by atoms with E-state index in [0.29, 0.717) is 19.4 Å². The van der Waals surface area contributed by atoms with Gasteiger partial charge in [-0.15, -0.1) is 0 Å². The van der Waals surface area contributed by atoms with Gasteiger partial charge in [0.25, 0.3) is 0 Å². The molecule has 0 saturated carbocycles. The number of carbonyl (C=O) groups is 1. The van der Waals surface area contributed by atoms with Crippen molar-refractivity contribution < 1.29 is 14.3 Å². The molecule has 3 aromatic rings. The number of nitrogens with zero attached hydrogens (tertiary/aromatic N) is 1. The minimum absolute atomic E-state index is 0.494. The maximum absolute atomic E-state index is 10.5. The SMILES string of the molecule is COc1ccc(COc2ccc3ncc(CCC=O)cc3c2)cc1. The molecule has 0 radical (unpaired) electrons. The van der Waals surface area contributed by atoms with Crippen LogP contribution in [0, 0.1) is 0 Å². The molecule has 2 aromatic carbocycles. The molecule has 1 heterocycles. The van der Waals surface area contributed by atoms with Crippen molar-refractivity contribution in [3.05, 3.63) is 65.9 Å². The smallest absolute Gasteiger partial charge is 0.120 e. The molecule has 24 heavy (non-hydrogen) atoms. The summed E-state index contributed by atoms with van der Waals surface area (Å²) in [7, 11) is 1.65. The van der Waals surface area contributed by atoms with Crippen molar-refractivity contribution >= 4 is 17.2 Å². The van der Waals surface area contributed by atoms with Gasteiger partial charge < -0.3 is 14.3 Å². The molecule has 4 heteroatoms. The standard InChI is InChI=1S/C20H19NO3/c1-23-18-6-4-15(5-7-18)14-24-19-8-9-20-17(12-19)11-16(13-21-20)3-2-10-22/h4-13H,2-3,14H2,1H3. The Morgan fingerprint density at radius 1 is 1.00 bits per heavy atom. The third kappa shape index (κ3) is 3.90. The van der Waals surface area contributed by atoms with Gasteiger partial charge in [0.1, 0.15) is 24.4 Å². The van der Waals surface area contributed by atoms with Gasteiger partial charge in [0.05, 0.1) is 12.6 Å². The monoisotopic (exact) mass is 321 g/mol. The lowest BCUT2D eigenvalue weighted by Crippen LogP contribution is -1.96. The van der Waals surface area contributed by atoms with E-state index in [9.17, 15) is 4.79 Å². The molecular weight excluding hydrogens is 302 g/mol. The molecule has 0 unspecified atom stereocenters. The summed E-state index contributed by atoms with van der Waals surface area (Å²) in [6.45, 7) is 0.494. The van der Waals surface area contributed by atoms with E-state index in [0.717, 1.165) is 39.8 Å². The van der Waals surface area contributed by atoms with Crippen LogP contribution in [-0.2, 0) is 17.8 Å². The third-order valence-corrected chi connectivity index (χ3v) is 3.82. The Hall–Kier alpha value is -2.88. The molecule has 0 fully saturated rings. The number of benzene rings is 2. The van der Waals surface area contributed by atoms with Crippen LogP contribution >= 0.6 is 0 Å². The van der Waals surface area contributed by atoms with Crippen LogP contribution in [0.15, 0.2) is 54.7 Å². The van der Waals surface area contributed by atoms with Crippen molar-refractivity contribution in [2.45, 2.75) is 19.4 Å². The zero-order valence-corrected chi connectivity index (χ0v) is 13.6. The van der Waals surface area contributed by atoms with Crippen LogP contribution in [0.2, 0.25) is 0 Å². The molecule has 0 saturated heterocycles. The molecular formula is C20H19NO3. The normalized spacial score (nSPS) is 10.5. The quantitative estimate of drug-likeness (QED) is 0.618. The molecule has 0 aliphatic carbocycles. The van der Waals surface area contributed by atoms with Gasteiger partial charge in [-0.2, -0.15) is 0 Å². The van der Waals surface area contributed by atoms with Crippen molar-refractivity contribution in [3.8, 4) is 11.5 Å². The number of aromatic nitrogens is 1. The Kier molecular flexibility index (Phi) is 5.06. The minimum Gasteiger partial charge on any atom is -0.497 e. The van der Waals surface area contributed by atoms with Crippen LogP contribution in [0.5, 0.6) is 11.5 Å². The van der Waals surface area contributed by atoms with Gasteiger partial charge in [0.2, 0.25) is 0 Å². The predicted octanol–water partition coefficient (Wildman–Crippen LogP) is 3.95. The predicted molar refractivity (Wildman–Crippen MR) is 93.5 cm³/mol. The molecule has 122 valence electrons. The van der Waals surface area contributed by atoms with Gasteiger partial charge in [-0.25, -0.2) is 0 Å². The van der Waals surface area contributed by atoms with Crippen LogP contribution < -0.4 is 9.47 Å². The first-order valence-corrected chi connectivity index (χ1v) is 7.86. The number of aryl methyl sites for hydroxylation is 1. The molecule has 1 aromatic heterocycles. The van der Waals surface area contributed by atoms with Gasteiger partial charge in [0.15, 0.2) is 0 Å². The summed E-state index contributed by atoms with van der Waals surface area (Å²) < 4.78 is 11.0. The molecule has 0 bridgehead atoms. The summed E-state index contributed by atoms with van der Waals surface area (Å²) in [6.07, 6.45) is 3.98. The zero-order chi connectivity index (χ0) is 16.8. The summed E-state index contributed by atoms with van der Waals surface area (Å²) in [4.78, 5) is 14.9. The van der Waals surface area contributed by atoms with Crippen molar-refractivity contribution in [3.63, 3.8) is 0 Å². The van der Waals surface area contributed by atoms with E-state index in [4.69, 9.17) is 9.47 Å². The molecule has 0 spiro atoms. The molecule has 0 amide bonds. The second kappa shape index (κ2) is 7.59. The van der Waals surface area contributed by atoms with E-state index in [1.807, 2.05) is 48.7 Å². The first-order chi connectivity index (χ1) is 11.8. The average Bonchev–Trinajstić information content (AvgIpc) is 2.64. The summed E-state index contributed by atoms with van der Waals surface area (Å²) in [6, 6.07) is 15.7. The fourth-order valence-corrected chi connectivity index (χ4v) is 2.50. The number of aldehydes is 1. The van der Waals surface area contributed by atoms with Gasteiger partial charge >= 0.3 is 0 Å². The van der Waals surface area contributed by atoms with Crippen molar-refractivity contribution in [2.75, 3.05) is 7.11 Å². The van der Waals surface area contributed by atoms with Crippen LogP contribution in [0.3, 0.4) is 0 Å². The molecule has 0 N–H and O–H groups in total.